The molecule has 0 saturated carbocycles. The fraction of sp³-hybridized carbons (Fsp3) is 0.355. The molecule has 234 valence electrons. The number of sulfonamides is 1. The van der Waals surface area contributed by atoms with Crippen molar-refractivity contribution in [1.29, 1.82) is 5.41 Å². The highest BCUT2D eigenvalue weighted by Crippen LogP contribution is 2.21. The third-order valence-electron chi connectivity index (χ3n) is 7.66. The molecular formula is C31H38N6O6S. The number of aliphatic carboxylic acids is 1. The van der Waals surface area contributed by atoms with Crippen molar-refractivity contribution in [1.82, 2.24) is 19.4 Å². The molecular weight excluding hydrogens is 584 g/mol. The maximum absolute atomic E-state index is 13.7. The number of carbonyl (C=O) groups is 3. The van der Waals surface area contributed by atoms with Crippen molar-refractivity contribution in [2.45, 2.75) is 36.7 Å². The number of fused-ring (bicyclic) bond motifs is 1. The zero-order valence-electron chi connectivity index (χ0n) is 24.6. The molecule has 5 N–H and O–H groups in total. The SMILES string of the molecule is CN(Cc1ccccc1)C(=O)[C@H](CC(=O)N(CC(=O)O)C[C@@H]1CCCN(C(=N)N)C1)NS(=O)(=O)c1ccc2ccccc2c1. The van der Waals surface area contributed by atoms with Crippen molar-refractivity contribution in [2.75, 3.05) is 33.2 Å². The van der Waals surface area contributed by atoms with E-state index < -0.39 is 46.8 Å². The molecule has 3 aromatic rings. The van der Waals surface area contributed by atoms with Gasteiger partial charge in [-0.15, -0.1) is 0 Å². The second kappa shape index (κ2) is 14.3. The number of piperidine rings is 1. The molecule has 3 aromatic carbocycles. The van der Waals surface area contributed by atoms with Crippen LogP contribution in [0.25, 0.3) is 10.8 Å². The van der Waals surface area contributed by atoms with Gasteiger partial charge in [0.25, 0.3) is 0 Å². The lowest BCUT2D eigenvalue weighted by atomic mass is 9.97. The van der Waals surface area contributed by atoms with E-state index >= 15 is 0 Å². The molecule has 4 rings (SSSR count). The van der Waals surface area contributed by atoms with Crippen molar-refractivity contribution in [2.24, 2.45) is 11.7 Å². The van der Waals surface area contributed by atoms with Gasteiger partial charge in [-0.1, -0.05) is 60.7 Å². The largest absolute Gasteiger partial charge is 0.480 e. The Hall–Kier alpha value is -4.49. The summed E-state index contributed by atoms with van der Waals surface area (Å²) in [5.74, 6) is -2.80. The second-order valence-electron chi connectivity index (χ2n) is 11.1. The number of carboxylic acids is 1. The number of benzene rings is 3. The minimum absolute atomic E-state index is 0.0626. The molecule has 0 aromatic heterocycles. The zero-order valence-corrected chi connectivity index (χ0v) is 25.4. The maximum atomic E-state index is 13.7. The molecule has 0 aliphatic carbocycles. The first kappa shape index (κ1) is 32.4. The first-order valence-corrected chi connectivity index (χ1v) is 15.8. The summed E-state index contributed by atoms with van der Waals surface area (Å²) in [5.41, 5.74) is 6.46. The Morgan fingerprint density at radius 1 is 1.07 bits per heavy atom. The number of likely N-dealkylation sites (N-methyl/N-ethyl adjacent to an activating group) is 1. The fourth-order valence-electron chi connectivity index (χ4n) is 5.44. The lowest BCUT2D eigenvalue weighted by Gasteiger charge is -2.36. The van der Waals surface area contributed by atoms with Crippen LogP contribution < -0.4 is 10.5 Å². The summed E-state index contributed by atoms with van der Waals surface area (Å²) in [5, 5.41) is 18.8. The van der Waals surface area contributed by atoms with Crippen molar-refractivity contribution >= 4 is 44.5 Å². The minimum atomic E-state index is -4.27. The number of likely N-dealkylation sites (tertiary alicyclic amines) is 1. The van der Waals surface area contributed by atoms with E-state index in [2.05, 4.69) is 4.72 Å². The van der Waals surface area contributed by atoms with Crippen LogP contribution in [0.15, 0.2) is 77.7 Å². The molecule has 2 amide bonds. The first-order chi connectivity index (χ1) is 20.9. The Morgan fingerprint density at radius 2 is 1.75 bits per heavy atom. The Bertz CT molecular complexity index is 1620. The number of nitrogens with zero attached hydrogens (tertiary/aromatic N) is 3. The van der Waals surface area contributed by atoms with Crippen LogP contribution in [0.4, 0.5) is 0 Å². The van der Waals surface area contributed by atoms with Gasteiger partial charge in [-0.2, -0.15) is 4.72 Å². The standard InChI is InChI=1S/C31H38N6O6S/c1-35(18-22-8-3-2-4-9-22)30(41)27(34-44(42,43)26-14-13-24-11-5-6-12-25(24)16-26)17-28(38)37(21-29(39)40)20-23-10-7-15-36(19-23)31(32)33/h2-6,8-9,11-14,16,23,27,34H,7,10,15,17-21H2,1H3,(H3,32,33)(H,39,40)/t23-,27+/m1/s1. The van der Waals surface area contributed by atoms with E-state index in [0.29, 0.717) is 24.9 Å². The fourth-order valence-corrected chi connectivity index (χ4v) is 6.66. The first-order valence-electron chi connectivity index (χ1n) is 14.3. The van der Waals surface area contributed by atoms with Gasteiger partial charge < -0.3 is 25.5 Å². The van der Waals surface area contributed by atoms with Crippen molar-refractivity contribution in [3.8, 4) is 0 Å². The van der Waals surface area contributed by atoms with Crippen LogP contribution in [0.3, 0.4) is 0 Å². The number of hydrogen-bond donors (Lipinski definition) is 4. The van der Waals surface area contributed by atoms with E-state index in [4.69, 9.17) is 11.1 Å². The molecule has 0 unspecified atom stereocenters. The predicted octanol–water partition coefficient (Wildman–Crippen LogP) is 2.05. The van der Waals surface area contributed by atoms with Crippen LogP contribution in [0.1, 0.15) is 24.8 Å². The van der Waals surface area contributed by atoms with Crippen molar-refractivity contribution in [3.63, 3.8) is 0 Å². The van der Waals surface area contributed by atoms with Gasteiger partial charge in [-0.3, -0.25) is 19.8 Å². The number of nitrogens with two attached hydrogens (primary N) is 1. The Labute approximate surface area is 257 Å². The van der Waals surface area contributed by atoms with Crippen LogP contribution in [0.5, 0.6) is 0 Å². The molecule has 1 aliphatic rings. The van der Waals surface area contributed by atoms with Gasteiger partial charge in [0.1, 0.15) is 12.6 Å². The van der Waals surface area contributed by atoms with Gasteiger partial charge in [-0.05, 0) is 47.2 Å². The van der Waals surface area contributed by atoms with Gasteiger partial charge in [-0.25, -0.2) is 8.42 Å². The van der Waals surface area contributed by atoms with Gasteiger partial charge >= 0.3 is 5.97 Å². The van der Waals surface area contributed by atoms with E-state index in [9.17, 15) is 27.9 Å². The third-order valence-corrected chi connectivity index (χ3v) is 9.13. The summed E-state index contributed by atoms with van der Waals surface area (Å²) >= 11 is 0. The lowest BCUT2D eigenvalue weighted by molar-refractivity contribution is -0.146. The quantitative estimate of drug-likeness (QED) is 0.175. The normalized spacial score (nSPS) is 15.8. The topological polar surface area (TPSA) is 177 Å². The number of amides is 2. The molecule has 0 radical (unpaired) electrons. The number of carbonyl (C=O) groups excluding carboxylic acids is 2. The smallest absolute Gasteiger partial charge is 0.323 e. The average molecular weight is 623 g/mol. The molecule has 1 heterocycles. The summed E-state index contributed by atoms with van der Waals surface area (Å²) in [7, 11) is -2.75. The lowest BCUT2D eigenvalue weighted by Crippen LogP contribution is -2.51. The molecule has 13 heteroatoms. The molecule has 1 saturated heterocycles. The van der Waals surface area contributed by atoms with Crippen LogP contribution in [0.2, 0.25) is 0 Å². The zero-order chi connectivity index (χ0) is 31.9. The number of guanidine groups is 1. The summed E-state index contributed by atoms with van der Waals surface area (Å²) in [6.45, 7) is 0.597. The summed E-state index contributed by atoms with van der Waals surface area (Å²) in [6.07, 6.45) is 0.835. The van der Waals surface area contributed by atoms with Crippen molar-refractivity contribution in [3.05, 3.63) is 78.4 Å². The van der Waals surface area contributed by atoms with E-state index in [1.807, 2.05) is 42.5 Å². The summed E-state index contributed by atoms with van der Waals surface area (Å²) < 4.78 is 29.6. The van der Waals surface area contributed by atoms with Gasteiger partial charge in [0.2, 0.25) is 21.8 Å². The van der Waals surface area contributed by atoms with Crippen molar-refractivity contribution < 1.29 is 27.9 Å². The van der Waals surface area contributed by atoms with E-state index in [1.54, 1.807) is 23.1 Å². The van der Waals surface area contributed by atoms with Crippen LogP contribution in [0, 0.1) is 11.3 Å². The van der Waals surface area contributed by atoms with Crippen LogP contribution >= 0.6 is 0 Å². The van der Waals surface area contributed by atoms with Gasteiger partial charge in [0, 0.05) is 33.2 Å². The van der Waals surface area contributed by atoms with Crippen LogP contribution in [-0.2, 0) is 31.0 Å². The Morgan fingerprint density at radius 3 is 2.43 bits per heavy atom. The molecule has 1 fully saturated rings. The number of rotatable bonds is 12. The molecule has 44 heavy (non-hydrogen) atoms. The number of hydrogen-bond acceptors (Lipinski definition) is 6. The molecule has 0 bridgehead atoms. The van der Waals surface area contributed by atoms with Gasteiger partial charge in [0.15, 0.2) is 5.96 Å². The number of nitrogens with one attached hydrogen (secondary N) is 2. The molecule has 0 spiro atoms. The minimum Gasteiger partial charge on any atom is -0.480 e. The van der Waals surface area contributed by atoms with E-state index in [1.165, 1.54) is 24.1 Å². The third kappa shape index (κ3) is 8.54. The maximum Gasteiger partial charge on any atom is 0.323 e. The van der Waals surface area contributed by atoms with Gasteiger partial charge in [0.05, 0.1) is 11.3 Å². The average Bonchev–Trinajstić information content (AvgIpc) is 3.00. The monoisotopic (exact) mass is 622 g/mol. The highest BCUT2D eigenvalue weighted by atomic mass is 32.2. The summed E-state index contributed by atoms with van der Waals surface area (Å²) in [6, 6.07) is 19.5. The van der Waals surface area contributed by atoms with E-state index in [-0.39, 0.29) is 29.9 Å². The molecule has 12 nitrogen and oxygen atoms in total. The molecule has 1 aliphatic heterocycles. The predicted molar refractivity (Wildman–Crippen MR) is 166 cm³/mol. The van der Waals surface area contributed by atoms with Crippen LogP contribution in [-0.4, -0.2) is 91.2 Å². The highest BCUT2D eigenvalue weighted by Gasteiger charge is 2.33. The number of carboxylic acid groups (broad SMARTS) is 1. The van der Waals surface area contributed by atoms with E-state index in [0.717, 1.165) is 22.3 Å². The molecule has 2 atom stereocenters. The highest BCUT2D eigenvalue weighted by molar-refractivity contribution is 7.89. The summed E-state index contributed by atoms with van der Waals surface area (Å²) in [4.78, 5) is 43.2. The second-order valence-corrected chi connectivity index (χ2v) is 12.8. The Balaban J connectivity index is 1.59. The Kier molecular flexibility index (Phi) is 10.6.